The van der Waals surface area contributed by atoms with Gasteiger partial charge in [0.2, 0.25) is 11.8 Å². The number of aromatic nitrogens is 4. The average molecular weight is 738 g/mol. The molecule has 2 atom stereocenters. The number of amides is 2. The highest BCUT2D eigenvalue weighted by molar-refractivity contribution is 5.89. The van der Waals surface area contributed by atoms with Crippen LogP contribution in [0.4, 0.5) is 0 Å². The van der Waals surface area contributed by atoms with Crippen LogP contribution in [0, 0.1) is 0 Å². The molecule has 0 fully saturated rings. The molecule has 0 aliphatic carbocycles. The highest BCUT2D eigenvalue weighted by Crippen LogP contribution is 2.22. The Morgan fingerprint density at radius 2 is 1.58 bits per heavy atom. The van der Waals surface area contributed by atoms with Crippen molar-refractivity contribution in [2.24, 2.45) is 17.2 Å². The summed E-state index contributed by atoms with van der Waals surface area (Å²) in [5, 5.41) is 23.3. The lowest BCUT2D eigenvalue weighted by atomic mass is 10.0. The number of nitrogens with one attached hydrogen (secondary N) is 3. The topological polar surface area (TPSA) is 276 Å². The number of carboxylic acid groups (broad SMARTS) is 1. The van der Waals surface area contributed by atoms with Crippen LogP contribution in [0.3, 0.4) is 0 Å². The molecule has 0 aliphatic rings. The van der Waals surface area contributed by atoms with E-state index < -0.39 is 30.6 Å². The molecule has 4 rings (SSSR count). The van der Waals surface area contributed by atoms with E-state index in [1.54, 1.807) is 36.4 Å². The molecule has 0 aliphatic heterocycles. The summed E-state index contributed by atoms with van der Waals surface area (Å²) in [5.74, 6) is -0.704. The molecule has 11 N–H and O–H groups in total. The van der Waals surface area contributed by atoms with Crippen molar-refractivity contribution in [1.29, 1.82) is 0 Å². The normalized spacial score (nSPS) is 12.0. The van der Waals surface area contributed by atoms with Gasteiger partial charge in [-0.25, -0.2) is 14.6 Å². The zero-order chi connectivity index (χ0) is 38.9. The number of carboxylic acids is 1. The van der Waals surface area contributed by atoms with E-state index in [4.69, 9.17) is 27.0 Å². The molecule has 0 saturated carbocycles. The Labute approximate surface area is 306 Å². The molecule has 0 saturated heterocycles. The molecule has 17 nitrogen and oxygen atoms in total. The SMILES string of the molecule is CCCn1c(=O)c2[nH]c(-c3ccc(OCC(=O)O)cc3)nc2n(CCC)c1=O.NCCCC[C@@H](NC(=O)[C@H](N)Cc1ccc(O)cc1)C(=O)NCCN. The summed E-state index contributed by atoms with van der Waals surface area (Å²) in [4.78, 5) is 68.0. The van der Waals surface area contributed by atoms with E-state index in [0.717, 1.165) is 24.8 Å². The highest BCUT2D eigenvalue weighted by Gasteiger charge is 2.23. The molecule has 2 heterocycles. The van der Waals surface area contributed by atoms with Gasteiger partial charge in [-0.2, -0.15) is 0 Å². The maximum atomic E-state index is 12.7. The van der Waals surface area contributed by atoms with Crippen molar-refractivity contribution < 1.29 is 29.3 Å². The first kappa shape index (κ1) is 41.9. The summed E-state index contributed by atoms with van der Waals surface area (Å²) < 4.78 is 7.88. The van der Waals surface area contributed by atoms with Gasteiger partial charge in [-0.3, -0.25) is 23.5 Å². The molecule has 0 unspecified atom stereocenters. The van der Waals surface area contributed by atoms with E-state index in [1.807, 2.05) is 13.8 Å². The van der Waals surface area contributed by atoms with Gasteiger partial charge in [-0.05, 0) is 87.0 Å². The number of ether oxygens (including phenoxy) is 1. The van der Waals surface area contributed by atoms with Crippen molar-refractivity contribution in [3.8, 4) is 22.9 Å². The van der Waals surface area contributed by atoms with Gasteiger partial charge in [0.05, 0.1) is 6.04 Å². The van der Waals surface area contributed by atoms with Crippen LogP contribution in [0.1, 0.15) is 51.5 Å². The van der Waals surface area contributed by atoms with Crippen LogP contribution in [0.5, 0.6) is 11.5 Å². The number of aryl methyl sites for hydroxylation is 1. The molecule has 17 heteroatoms. The number of nitrogens with zero attached hydrogens (tertiary/aromatic N) is 3. The number of benzene rings is 2. The van der Waals surface area contributed by atoms with Crippen LogP contribution in [0.2, 0.25) is 0 Å². The summed E-state index contributed by atoms with van der Waals surface area (Å²) in [7, 11) is 0. The van der Waals surface area contributed by atoms with Gasteiger partial charge in [-0.15, -0.1) is 0 Å². The van der Waals surface area contributed by atoms with E-state index >= 15 is 0 Å². The Kier molecular flexibility index (Phi) is 16.7. The molecule has 0 bridgehead atoms. The summed E-state index contributed by atoms with van der Waals surface area (Å²) >= 11 is 0. The van der Waals surface area contributed by atoms with Crippen molar-refractivity contribution in [1.82, 2.24) is 29.7 Å². The number of aromatic amines is 1. The molecular weight excluding hydrogens is 686 g/mol. The molecule has 2 aromatic carbocycles. The van der Waals surface area contributed by atoms with Crippen molar-refractivity contribution in [2.75, 3.05) is 26.2 Å². The van der Waals surface area contributed by atoms with Gasteiger partial charge in [0.1, 0.15) is 28.9 Å². The number of fused-ring (bicyclic) bond motifs is 1. The first-order valence-corrected chi connectivity index (χ1v) is 17.6. The first-order valence-electron chi connectivity index (χ1n) is 17.6. The second-order valence-corrected chi connectivity index (χ2v) is 12.3. The summed E-state index contributed by atoms with van der Waals surface area (Å²) in [6, 6.07) is 11.7. The second-order valence-electron chi connectivity index (χ2n) is 12.3. The van der Waals surface area contributed by atoms with E-state index in [0.29, 0.717) is 80.3 Å². The molecular formula is C36H51N9O8. The second kappa shape index (κ2) is 21.1. The minimum absolute atomic E-state index is 0.151. The Morgan fingerprint density at radius 1 is 0.925 bits per heavy atom. The standard InChI is InChI=1S/C19H22N4O5.C17H29N5O3/c1-3-9-22-17-15(18(26)23(10-4-2)19(22)27)20-16(21-17)12-5-7-13(8-6-12)28-11-14(24)25;18-8-2-1-3-15(17(25)21-10-9-19)22-16(24)14(20)11-12-4-6-13(23)7-5-12/h5-8H,3-4,9-11H2,1-2H3,(H,20,21)(H,24,25);4-7,14-15,23H,1-3,8-11,18-20H2,(H,21,25)(H,22,24)/t;14-,15-/m.1/s1. The Bertz CT molecular complexity index is 1900. The van der Waals surface area contributed by atoms with Crippen LogP contribution < -0.4 is 43.8 Å². The van der Waals surface area contributed by atoms with Gasteiger partial charge in [0.25, 0.3) is 5.56 Å². The van der Waals surface area contributed by atoms with Gasteiger partial charge in [0.15, 0.2) is 12.3 Å². The third-order valence-corrected chi connectivity index (χ3v) is 8.00. The zero-order valence-electron chi connectivity index (χ0n) is 30.2. The molecule has 4 aromatic rings. The monoisotopic (exact) mass is 737 g/mol. The smallest absolute Gasteiger partial charge is 0.341 e. The van der Waals surface area contributed by atoms with E-state index in [-0.39, 0.29) is 22.9 Å². The fraction of sp³-hybridized carbons (Fsp3) is 0.444. The van der Waals surface area contributed by atoms with E-state index in [1.165, 1.54) is 21.3 Å². The molecule has 0 spiro atoms. The number of rotatable bonds is 19. The van der Waals surface area contributed by atoms with E-state index in [2.05, 4.69) is 20.6 Å². The minimum Gasteiger partial charge on any atom is -0.508 e. The fourth-order valence-electron chi connectivity index (χ4n) is 5.34. The fourth-order valence-corrected chi connectivity index (χ4v) is 5.34. The predicted octanol–water partition coefficient (Wildman–Crippen LogP) is 0.787. The number of nitrogens with two attached hydrogens (primary N) is 3. The third-order valence-electron chi connectivity index (χ3n) is 8.00. The minimum atomic E-state index is -1.06. The maximum absolute atomic E-state index is 12.7. The lowest BCUT2D eigenvalue weighted by Crippen LogP contribution is -2.52. The van der Waals surface area contributed by atoms with Crippen molar-refractivity contribution in [2.45, 2.75) is 77.5 Å². The highest BCUT2D eigenvalue weighted by atomic mass is 16.5. The van der Waals surface area contributed by atoms with Gasteiger partial charge in [0, 0.05) is 31.7 Å². The molecule has 2 aromatic heterocycles. The molecule has 53 heavy (non-hydrogen) atoms. The largest absolute Gasteiger partial charge is 0.508 e. The lowest BCUT2D eigenvalue weighted by molar-refractivity contribution is -0.139. The number of carbonyl (C=O) groups excluding carboxylic acids is 2. The maximum Gasteiger partial charge on any atom is 0.341 e. The molecule has 288 valence electrons. The number of aromatic hydroxyl groups is 1. The predicted molar refractivity (Wildman–Crippen MR) is 200 cm³/mol. The van der Waals surface area contributed by atoms with E-state index in [9.17, 15) is 29.1 Å². The third kappa shape index (κ3) is 12.3. The Hall–Kier alpha value is -5.52. The van der Waals surface area contributed by atoms with Crippen molar-refractivity contribution in [3.63, 3.8) is 0 Å². The van der Waals surface area contributed by atoms with Crippen molar-refractivity contribution >= 4 is 28.9 Å². The molecule has 2 amide bonds. The summed E-state index contributed by atoms with van der Waals surface area (Å²) in [5.41, 5.74) is 18.2. The van der Waals surface area contributed by atoms with Crippen LogP contribution in [-0.2, 0) is 33.9 Å². The Morgan fingerprint density at radius 3 is 2.19 bits per heavy atom. The van der Waals surface area contributed by atoms with Crippen molar-refractivity contribution in [3.05, 3.63) is 74.9 Å². The average Bonchev–Trinajstić information content (AvgIpc) is 3.60. The summed E-state index contributed by atoms with van der Waals surface area (Å²) in [6.45, 7) is 5.46. The number of aliphatic carboxylic acids is 1. The molecule has 0 radical (unpaired) electrons. The lowest BCUT2D eigenvalue weighted by Gasteiger charge is -2.20. The number of unbranched alkanes of at least 4 members (excludes halogenated alkanes) is 1. The number of phenolic OH excluding ortho intramolecular Hbond substituents is 1. The van der Waals surface area contributed by atoms with Crippen LogP contribution in [-0.4, -0.2) is 85.4 Å². The van der Waals surface area contributed by atoms with Crippen LogP contribution in [0.25, 0.3) is 22.6 Å². The van der Waals surface area contributed by atoms with Crippen LogP contribution >= 0.6 is 0 Å². The number of H-pyrrole nitrogens is 1. The number of phenols is 1. The van der Waals surface area contributed by atoms with Gasteiger partial charge < -0.3 is 47.8 Å². The first-order chi connectivity index (χ1) is 25.4. The Balaban J connectivity index is 0.000000288. The number of carbonyl (C=O) groups is 3. The van der Waals surface area contributed by atoms with Crippen LogP contribution in [0.15, 0.2) is 58.1 Å². The quantitative estimate of drug-likeness (QED) is 0.0621. The number of hydrogen-bond donors (Lipinski definition) is 8. The number of imidazole rings is 1. The van der Waals surface area contributed by atoms with Gasteiger partial charge in [-0.1, -0.05) is 26.0 Å². The number of hydrogen-bond acceptors (Lipinski definition) is 11. The van der Waals surface area contributed by atoms with Gasteiger partial charge >= 0.3 is 11.7 Å². The zero-order valence-corrected chi connectivity index (χ0v) is 30.2. The summed E-state index contributed by atoms with van der Waals surface area (Å²) in [6.07, 6.45) is 3.71.